The molecule has 1 amide bonds. The summed E-state index contributed by atoms with van der Waals surface area (Å²) >= 11 is 3.17. The Bertz CT molecular complexity index is 696. The number of sulfonamides is 1. The number of anilines is 1. The van der Waals surface area contributed by atoms with Crippen LogP contribution >= 0.6 is 15.9 Å². The zero-order valence-electron chi connectivity index (χ0n) is 13.1. The van der Waals surface area contributed by atoms with E-state index in [1.54, 1.807) is 13.0 Å². The van der Waals surface area contributed by atoms with Crippen molar-refractivity contribution in [2.24, 2.45) is 0 Å². The Labute approximate surface area is 144 Å². The minimum absolute atomic E-state index is 0.0210. The topological polar surface area (TPSA) is 57.7 Å². The molecule has 1 aromatic rings. The predicted octanol–water partition coefficient (Wildman–Crippen LogP) is 2.76. The van der Waals surface area contributed by atoms with E-state index in [-0.39, 0.29) is 11.4 Å². The highest BCUT2D eigenvalue weighted by molar-refractivity contribution is 9.10. The first kappa shape index (κ1) is 18.4. The number of amides is 1. The largest absolute Gasteiger partial charge is 0.311 e. The molecule has 1 saturated heterocycles. The molecule has 0 aromatic heterocycles. The van der Waals surface area contributed by atoms with Crippen LogP contribution < -0.4 is 4.90 Å². The maximum absolute atomic E-state index is 14.0. The summed E-state index contributed by atoms with van der Waals surface area (Å²) in [5.74, 6) is -0.910. The monoisotopic (exact) mass is 406 g/mol. The van der Waals surface area contributed by atoms with Gasteiger partial charge in [0.2, 0.25) is 15.9 Å². The van der Waals surface area contributed by atoms with Crippen LogP contribution in [-0.4, -0.2) is 44.0 Å². The Morgan fingerprint density at radius 2 is 2.17 bits per heavy atom. The van der Waals surface area contributed by atoms with E-state index >= 15 is 0 Å². The van der Waals surface area contributed by atoms with Gasteiger partial charge in [0.15, 0.2) is 0 Å². The Hall–Kier alpha value is -0.990. The average Bonchev–Trinajstić information content (AvgIpc) is 2.96. The second kappa shape index (κ2) is 7.27. The normalized spacial score (nSPS) is 19.0. The number of carbonyl (C=O) groups excluding carboxylic acids is 1. The number of carbonyl (C=O) groups is 1. The summed E-state index contributed by atoms with van der Waals surface area (Å²) in [6.45, 7) is 2.13. The summed E-state index contributed by atoms with van der Waals surface area (Å²) in [5.41, 5.74) is 0.137. The van der Waals surface area contributed by atoms with Crippen molar-refractivity contribution in [1.82, 2.24) is 4.31 Å². The van der Waals surface area contributed by atoms with Gasteiger partial charge in [-0.15, -0.1) is 0 Å². The molecule has 0 saturated carbocycles. The number of hydrogen-bond acceptors (Lipinski definition) is 3. The van der Waals surface area contributed by atoms with E-state index in [1.807, 2.05) is 0 Å². The molecule has 0 N–H and O–H groups in total. The summed E-state index contributed by atoms with van der Waals surface area (Å²) in [6, 6.07) is 3.67. The van der Waals surface area contributed by atoms with Gasteiger partial charge < -0.3 is 4.90 Å². The van der Waals surface area contributed by atoms with Gasteiger partial charge in [0, 0.05) is 18.1 Å². The van der Waals surface area contributed by atoms with Crippen molar-refractivity contribution in [2.75, 3.05) is 24.2 Å². The van der Waals surface area contributed by atoms with Gasteiger partial charge in [0.1, 0.15) is 11.9 Å². The second-order valence-electron chi connectivity index (χ2n) is 5.58. The van der Waals surface area contributed by atoms with Crippen molar-refractivity contribution in [3.05, 3.63) is 28.5 Å². The average molecular weight is 407 g/mol. The molecule has 0 aliphatic carbocycles. The Kier molecular flexibility index (Phi) is 5.80. The van der Waals surface area contributed by atoms with Gasteiger partial charge in [-0.3, -0.25) is 4.79 Å². The first-order valence-electron chi connectivity index (χ1n) is 7.50. The van der Waals surface area contributed by atoms with Gasteiger partial charge in [0.25, 0.3) is 0 Å². The van der Waals surface area contributed by atoms with Crippen LogP contribution in [0.3, 0.4) is 0 Å². The maximum Gasteiger partial charge on any atom is 0.245 e. The molecule has 2 rings (SSSR count). The molecule has 5 nitrogen and oxygen atoms in total. The highest BCUT2D eigenvalue weighted by atomic mass is 79.9. The zero-order chi connectivity index (χ0) is 17.2. The Morgan fingerprint density at radius 3 is 2.78 bits per heavy atom. The van der Waals surface area contributed by atoms with Crippen molar-refractivity contribution in [2.45, 2.75) is 32.2 Å². The molecule has 1 aliphatic rings. The number of rotatable bonds is 5. The SMILES string of the molecule is CCCS(=O)(=O)N1CCCC1C(=O)N(C)c1ccc(Br)cc1F. The quantitative estimate of drug-likeness (QED) is 0.755. The fourth-order valence-electron chi connectivity index (χ4n) is 2.79. The molecule has 0 spiro atoms. The molecular formula is C15H20BrFN2O3S. The van der Waals surface area contributed by atoms with Crippen LogP contribution in [0.15, 0.2) is 22.7 Å². The number of benzene rings is 1. The molecule has 1 aromatic carbocycles. The second-order valence-corrected chi connectivity index (χ2v) is 8.53. The van der Waals surface area contributed by atoms with Gasteiger partial charge in [-0.25, -0.2) is 12.8 Å². The van der Waals surface area contributed by atoms with Gasteiger partial charge >= 0.3 is 0 Å². The first-order chi connectivity index (χ1) is 10.8. The molecule has 1 heterocycles. The minimum Gasteiger partial charge on any atom is -0.311 e. The number of hydrogen-bond donors (Lipinski definition) is 0. The van der Waals surface area contributed by atoms with Crippen LogP contribution in [0.1, 0.15) is 26.2 Å². The number of halogens is 2. The van der Waals surface area contributed by atoms with E-state index in [9.17, 15) is 17.6 Å². The Morgan fingerprint density at radius 1 is 1.48 bits per heavy atom. The summed E-state index contributed by atoms with van der Waals surface area (Å²) < 4.78 is 40.5. The minimum atomic E-state index is -3.45. The van der Waals surface area contributed by atoms with E-state index in [4.69, 9.17) is 0 Å². The molecule has 1 atom stereocenters. The maximum atomic E-state index is 14.0. The highest BCUT2D eigenvalue weighted by Crippen LogP contribution is 2.27. The molecular weight excluding hydrogens is 387 g/mol. The van der Waals surface area contributed by atoms with Crippen LogP contribution in [0.4, 0.5) is 10.1 Å². The fraction of sp³-hybridized carbons (Fsp3) is 0.533. The van der Waals surface area contributed by atoms with Crippen molar-refractivity contribution in [3.8, 4) is 0 Å². The third-order valence-corrected chi connectivity index (χ3v) is 6.48. The molecule has 23 heavy (non-hydrogen) atoms. The smallest absolute Gasteiger partial charge is 0.245 e. The first-order valence-corrected chi connectivity index (χ1v) is 9.90. The fourth-order valence-corrected chi connectivity index (χ4v) is 4.86. The summed E-state index contributed by atoms with van der Waals surface area (Å²) in [6.07, 6.45) is 1.59. The lowest BCUT2D eigenvalue weighted by molar-refractivity contribution is -0.121. The van der Waals surface area contributed by atoms with Gasteiger partial charge in [-0.05, 0) is 37.5 Å². The predicted molar refractivity (Wildman–Crippen MR) is 91.3 cm³/mol. The van der Waals surface area contributed by atoms with E-state index < -0.39 is 27.8 Å². The lowest BCUT2D eigenvalue weighted by Gasteiger charge is -2.27. The lowest BCUT2D eigenvalue weighted by Crippen LogP contribution is -2.47. The van der Waals surface area contributed by atoms with Gasteiger partial charge in [-0.2, -0.15) is 4.31 Å². The van der Waals surface area contributed by atoms with Crippen LogP contribution in [-0.2, 0) is 14.8 Å². The third-order valence-electron chi connectivity index (χ3n) is 3.91. The van der Waals surface area contributed by atoms with E-state index in [2.05, 4.69) is 15.9 Å². The van der Waals surface area contributed by atoms with Crippen LogP contribution in [0.5, 0.6) is 0 Å². The van der Waals surface area contributed by atoms with Gasteiger partial charge in [0.05, 0.1) is 11.4 Å². The molecule has 0 radical (unpaired) electrons. The van der Waals surface area contributed by atoms with Crippen LogP contribution in [0.2, 0.25) is 0 Å². The number of likely N-dealkylation sites (N-methyl/N-ethyl adjacent to an activating group) is 1. The van der Waals surface area contributed by atoms with Crippen LogP contribution in [0.25, 0.3) is 0 Å². The van der Waals surface area contributed by atoms with Crippen LogP contribution in [0, 0.1) is 5.82 Å². The zero-order valence-corrected chi connectivity index (χ0v) is 15.5. The Balaban J connectivity index is 2.24. The number of nitrogens with zero attached hydrogens (tertiary/aromatic N) is 2. The molecule has 1 fully saturated rings. The highest BCUT2D eigenvalue weighted by Gasteiger charge is 2.39. The third kappa shape index (κ3) is 3.92. The van der Waals surface area contributed by atoms with E-state index in [1.165, 1.54) is 28.4 Å². The van der Waals surface area contributed by atoms with E-state index in [0.29, 0.717) is 30.3 Å². The van der Waals surface area contributed by atoms with E-state index in [0.717, 1.165) is 0 Å². The molecule has 0 bridgehead atoms. The lowest BCUT2D eigenvalue weighted by atomic mass is 10.2. The van der Waals surface area contributed by atoms with Crippen molar-refractivity contribution < 1.29 is 17.6 Å². The van der Waals surface area contributed by atoms with Gasteiger partial charge in [-0.1, -0.05) is 22.9 Å². The molecule has 8 heteroatoms. The molecule has 1 aliphatic heterocycles. The summed E-state index contributed by atoms with van der Waals surface area (Å²) in [5, 5.41) is 0. The summed E-state index contributed by atoms with van der Waals surface area (Å²) in [7, 11) is -1.98. The van der Waals surface area contributed by atoms with Crippen molar-refractivity contribution in [1.29, 1.82) is 0 Å². The molecule has 1 unspecified atom stereocenters. The van der Waals surface area contributed by atoms with Crippen molar-refractivity contribution in [3.63, 3.8) is 0 Å². The standard InChI is InChI=1S/C15H20BrFN2O3S/c1-3-9-23(21,22)19-8-4-5-14(19)15(20)18(2)13-7-6-11(16)10-12(13)17/h6-7,10,14H,3-5,8-9H2,1-2H3. The van der Waals surface area contributed by atoms with Crippen molar-refractivity contribution >= 4 is 37.5 Å². The summed E-state index contributed by atoms with van der Waals surface area (Å²) in [4.78, 5) is 13.9. The molecule has 128 valence electrons.